The Hall–Kier alpha value is -0.633. The molecule has 0 heterocycles. The van der Waals surface area contributed by atoms with E-state index in [9.17, 15) is 4.79 Å². The highest BCUT2D eigenvalue weighted by Crippen LogP contribution is 2.40. The smallest absolute Gasteiger partial charge is 0.184 e. The normalized spacial score (nSPS) is 25.4. The second-order valence-electron chi connectivity index (χ2n) is 6.81. The molecule has 0 saturated heterocycles. The zero-order chi connectivity index (χ0) is 13.2. The summed E-state index contributed by atoms with van der Waals surface area (Å²) in [6, 6.07) is 0. The lowest BCUT2D eigenvalue weighted by Gasteiger charge is -2.34. The number of ketones is 1. The summed E-state index contributed by atoms with van der Waals surface area (Å²) < 4.78 is 0. The summed E-state index contributed by atoms with van der Waals surface area (Å²) in [6.45, 7) is 7.21. The lowest BCUT2D eigenvalue weighted by molar-refractivity contribution is -0.112. The first-order valence-corrected chi connectivity index (χ1v) is 11.0. The van der Waals surface area contributed by atoms with Crippen LogP contribution in [0.1, 0.15) is 44.9 Å². The summed E-state index contributed by atoms with van der Waals surface area (Å²) >= 11 is 0. The van der Waals surface area contributed by atoms with Crippen LogP contribution in [0.15, 0.2) is 23.3 Å². The number of hydrogen-bond acceptors (Lipinski definition) is 1. The Morgan fingerprint density at radius 2 is 1.83 bits per heavy atom. The second-order valence-corrected chi connectivity index (χ2v) is 12.2. The first kappa shape index (κ1) is 13.8. The van der Waals surface area contributed by atoms with Crippen molar-refractivity contribution in [3.63, 3.8) is 0 Å². The molecular weight excluding hydrogens is 236 g/mol. The maximum Gasteiger partial charge on any atom is 0.184 e. The van der Waals surface area contributed by atoms with Gasteiger partial charge in [0.2, 0.25) is 0 Å². The second kappa shape index (κ2) is 5.56. The van der Waals surface area contributed by atoms with Crippen molar-refractivity contribution in [3.05, 3.63) is 23.3 Å². The molecule has 0 unspecified atom stereocenters. The van der Waals surface area contributed by atoms with E-state index >= 15 is 0 Å². The number of rotatable bonds is 3. The number of allylic oxidation sites excluding steroid dienone is 4. The van der Waals surface area contributed by atoms with Gasteiger partial charge in [-0.3, -0.25) is 4.79 Å². The van der Waals surface area contributed by atoms with Crippen molar-refractivity contribution in [3.8, 4) is 0 Å². The van der Waals surface area contributed by atoms with Crippen molar-refractivity contribution in [2.75, 3.05) is 0 Å². The third-order valence-corrected chi connectivity index (χ3v) is 7.02. The summed E-state index contributed by atoms with van der Waals surface area (Å²) in [6.07, 6.45) is 12.6. The minimum absolute atomic E-state index is 0.391. The molecule has 100 valence electrons. The third-order valence-electron chi connectivity index (χ3n) is 4.33. The fraction of sp³-hybridized carbons (Fsp3) is 0.688. The van der Waals surface area contributed by atoms with Crippen molar-refractivity contribution >= 4 is 13.9 Å². The molecule has 0 aromatic rings. The molecule has 0 bridgehead atoms. The summed E-state index contributed by atoms with van der Waals surface area (Å²) in [5.41, 5.74) is 2.87. The Morgan fingerprint density at radius 3 is 2.44 bits per heavy atom. The standard InChI is InChI=1S/C16H26OSi/c1-18(2,3)15-12-8-7-11-14(15)16(17)13-9-5-4-6-10-13/h9,11,15H,4-8,10,12H2,1-3H3/t15-/m0/s1. The SMILES string of the molecule is C[Si](C)(C)[C@H]1CCCC=C1C(=O)C1=CCCCC1. The topological polar surface area (TPSA) is 17.1 Å². The Labute approximate surface area is 112 Å². The van der Waals surface area contributed by atoms with Gasteiger partial charge in [-0.2, -0.15) is 0 Å². The molecule has 0 spiro atoms. The van der Waals surface area contributed by atoms with Crippen LogP contribution in [-0.2, 0) is 4.79 Å². The van der Waals surface area contributed by atoms with Gasteiger partial charge in [-0.1, -0.05) is 31.8 Å². The minimum Gasteiger partial charge on any atom is -0.289 e. The maximum atomic E-state index is 12.7. The highest BCUT2D eigenvalue weighted by Gasteiger charge is 2.34. The predicted octanol–water partition coefficient (Wildman–Crippen LogP) is 4.87. The zero-order valence-corrected chi connectivity index (χ0v) is 13.1. The molecule has 0 amide bonds. The van der Waals surface area contributed by atoms with Crippen LogP contribution in [0.3, 0.4) is 0 Å². The molecule has 0 radical (unpaired) electrons. The molecule has 2 aliphatic rings. The third kappa shape index (κ3) is 3.03. The molecule has 18 heavy (non-hydrogen) atoms. The van der Waals surface area contributed by atoms with Crippen LogP contribution in [0.4, 0.5) is 0 Å². The highest BCUT2D eigenvalue weighted by atomic mass is 28.3. The van der Waals surface area contributed by atoms with Crippen LogP contribution in [0.5, 0.6) is 0 Å². The van der Waals surface area contributed by atoms with Gasteiger partial charge in [0.25, 0.3) is 0 Å². The van der Waals surface area contributed by atoms with E-state index in [0.29, 0.717) is 11.3 Å². The first-order chi connectivity index (χ1) is 8.50. The maximum absolute atomic E-state index is 12.7. The van der Waals surface area contributed by atoms with Gasteiger partial charge in [0.1, 0.15) is 0 Å². The van der Waals surface area contributed by atoms with Gasteiger partial charge in [-0.05, 0) is 61.6 Å². The van der Waals surface area contributed by atoms with Gasteiger partial charge in [-0.15, -0.1) is 0 Å². The van der Waals surface area contributed by atoms with Crippen LogP contribution in [-0.4, -0.2) is 13.9 Å². The Balaban J connectivity index is 2.21. The van der Waals surface area contributed by atoms with Crippen molar-refractivity contribution in [1.29, 1.82) is 0 Å². The van der Waals surface area contributed by atoms with Gasteiger partial charge in [0.05, 0.1) is 8.07 Å². The van der Waals surface area contributed by atoms with Crippen molar-refractivity contribution in [1.82, 2.24) is 0 Å². The summed E-state index contributed by atoms with van der Waals surface area (Å²) in [5.74, 6) is 0.391. The van der Waals surface area contributed by atoms with Gasteiger partial charge in [-0.25, -0.2) is 0 Å². The van der Waals surface area contributed by atoms with E-state index in [-0.39, 0.29) is 0 Å². The lowest BCUT2D eigenvalue weighted by atomic mass is 9.88. The number of Topliss-reactive ketones (excluding diaryl/α,β-unsaturated/α-hetero) is 1. The first-order valence-electron chi connectivity index (χ1n) is 7.44. The average Bonchev–Trinajstić information content (AvgIpc) is 2.38. The van der Waals surface area contributed by atoms with E-state index < -0.39 is 8.07 Å². The van der Waals surface area contributed by atoms with Crippen molar-refractivity contribution < 1.29 is 4.79 Å². The minimum atomic E-state index is -1.26. The van der Waals surface area contributed by atoms with Crippen molar-refractivity contribution in [2.24, 2.45) is 0 Å². The molecule has 0 aliphatic heterocycles. The van der Waals surface area contributed by atoms with Crippen LogP contribution in [0, 0.1) is 0 Å². The van der Waals surface area contributed by atoms with E-state index in [0.717, 1.165) is 24.8 Å². The Morgan fingerprint density at radius 1 is 1.11 bits per heavy atom. The molecule has 1 atom stereocenters. The van der Waals surface area contributed by atoms with Gasteiger partial charge >= 0.3 is 0 Å². The van der Waals surface area contributed by atoms with E-state index in [4.69, 9.17) is 0 Å². The molecule has 0 aromatic heterocycles. The van der Waals surface area contributed by atoms with Crippen LogP contribution in [0.25, 0.3) is 0 Å². The number of carbonyl (C=O) groups is 1. The number of hydrogen-bond donors (Lipinski definition) is 0. The average molecular weight is 262 g/mol. The summed E-state index contributed by atoms with van der Waals surface area (Å²) in [5, 5.41) is 0. The monoisotopic (exact) mass is 262 g/mol. The molecule has 2 rings (SSSR count). The predicted molar refractivity (Wildman–Crippen MR) is 80.6 cm³/mol. The Bertz CT molecular complexity index is 384. The largest absolute Gasteiger partial charge is 0.289 e. The molecule has 0 fully saturated rings. The molecule has 2 heteroatoms. The zero-order valence-electron chi connectivity index (χ0n) is 12.1. The molecule has 0 aromatic carbocycles. The van der Waals surface area contributed by atoms with Crippen molar-refractivity contribution in [2.45, 2.75) is 70.1 Å². The molecule has 0 saturated carbocycles. The highest BCUT2D eigenvalue weighted by molar-refractivity contribution is 6.78. The quantitative estimate of drug-likeness (QED) is 0.663. The lowest BCUT2D eigenvalue weighted by Crippen LogP contribution is -2.33. The van der Waals surface area contributed by atoms with Gasteiger partial charge < -0.3 is 0 Å². The van der Waals surface area contributed by atoms with Crippen LogP contribution in [0.2, 0.25) is 25.2 Å². The van der Waals surface area contributed by atoms with Gasteiger partial charge in [0.15, 0.2) is 5.78 Å². The Kier molecular flexibility index (Phi) is 4.26. The fourth-order valence-corrected chi connectivity index (χ4v) is 5.51. The van der Waals surface area contributed by atoms with E-state index in [1.54, 1.807) is 0 Å². The van der Waals surface area contributed by atoms with E-state index in [1.165, 1.54) is 31.3 Å². The summed E-state index contributed by atoms with van der Waals surface area (Å²) in [4.78, 5) is 12.7. The fourth-order valence-electron chi connectivity index (χ4n) is 3.26. The van der Waals surface area contributed by atoms with E-state index in [2.05, 4.69) is 31.8 Å². The molecule has 2 aliphatic carbocycles. The molecular formula is C16H26OSi. The van der Waals surface area contributed by atoms with Crippen LogP contribution >= 0.6 is 0 Å². The van der Waals surface area contributed by atoms with E-state index in [1.807, 2.05) is 0 Å². The molecule has 0 N–H and O–H groups in total. The summed E-state index contributed by atoms with van der Waals surface area (Å²) in [7, 11) is -1.26. The van der Waals surface area contributed by atoms with Crippen LogP contribution < -0.4 is 0 Å². The van der Waals surface area contributed by atoms with Gasteiger partial charge in [0, 0.05) is 0 Å². The number of carbonyl (C=O) groups excluding carboxylic acids is 1. The molecule has 1 nitrogen and oxygen atoms in total.